The maximum Gasteiger partial charge on any atom is 0.326 e. The van der Waals surface area contributed by atoms with Crippen molar-refractivity contribution >= 4 is 11.9 Å². The van der Waals surface area contributed by atoms with Gasteiger partial charge in [0.15, 0.2) is 0 Å². The molecule has 7 heteroatoms. The highest BCUT2D eigenvalue weighted by Crippen LogP contribution is 2.24. The molecule has 0 aliphatic carbocycles. The molecule has 25 heavy (non-hydrogen) atoms. The van der Waals surface area contributed by atoms with E-state index in [0.717, 1.165) is 0 Å². The zero-order chi connectivity index (χ0) is 19.0. The van der Waals surface area contributed by atoms with E-state index in [0.29, 0.717) is 12.2 Å². The molecule has 1 unspecified atom stereocenters. The Morgan fingerprint density at radius 3 is 2.28 bits per heavy atom. The summed E-state index contributed by atoms with van der Waals surface area (Å²) in [6.45, 7) is 6.61. The predicted molar refractivity (Wildman–Crippen MR) is 90.1 cm³/mol. The van der Waals surface area contributed by atoms with Crippen molar-refractivity contribution in [3.63, 3.8) is 0 Å². The first-order chi connectivity index (χ1) is 11.6. The SMILES string of the molecule is CC(C)(C)c1ccc(OCCCC(=O)NC(CC(F)F)C(=O)O)cc1. The third kappa shape index (κ3) is 7.96. The topological polar surface area (TPSA) is 75.6 Å². The summed E-state index contributed by atoms with van der Waals surface area (Å²) in [5.74, 6) is -1.38. The fourth-order valence-electron chi connectivity index (χ4n) is 2.14. The fraction of sp³-hybridized carbons (Fsp3) is 0.556. The number of rotatable bonds is 9. The van der Waals surface area contributed by atoms with Crippen molar-refractivity contribution in [2.75, 3.05) is 6.61 Å². The van der Waals surface area contributed by atoms with Crippen molar-refractivity contribution in [2.24, 2.45) is 0 Å². The number of ether oxygens (including phenoxy) is 1. The number of carboxylic acids is 1. The van der Waals surface area contributed by atoms with Crippen LogP contribution in [0.3, 0.4) is 0 Å². The van der Waals surface area contributed by atoms with Crippen LogP contribution < -0.4 is 10.1 Å². The summed E-state index contributed by atoms with van der Waals surface area (Å²) in [6.07, 6.45) is -3.33. The second kappa shape index (κ2) is 9.34. The molecule has 5 nitrogen and oxygen atoms in total. The maximum absolute atomic E-state index is 12.3. The average Bonchev–Trinajstić information content (AvgIpc) is 2.50. The Morgan fingerprint density at radius 2 is 1.80 bits per heavy atom. The van der Waals surface area contributed by atoms with Gasteiger partial charge in [0.2, 0.25) is 12.3 Å². The van der Waals surface area contributed by atoms with Gasteiger partial charge < -0.3 is 15.2 Å². The first kappa shape index (κ1) is 20.9. The molecular formula is C18H25F2NO4. The minimum atomic E-state index is -2.79. The van der Waals surface area contributed by atoms with Crippen molar-refractivity contribution in [2.45, 2.75) is 57.9 Å². The van der Waals surface area contributed by atoms with Crippen LogP contribution in [-0.4, -0.2) is 36.1 Å². The first-order valence-corrected chi connectivity index (χ1v) is 8.13. The van der Waals surface area contributed by atoms with Crippen molar-refractivity contribution < 1.29 is 28.2 Å². The van der Waals surface area contributed by atoms with Gasteiger partial charge in [0.25, 0.3) is 0 Å². The lowest BCUT2D eigenvalue weighted by atomic mass is 9.87. The highest BCUT2D eigenvalue weighted by molar-refractivity contribution is 5.83. The maximum atomic E-state index is 12.3. The van der Waals surface area contributed by atoms with Gasteiger partial charge in [-0.1, -0.05) is 32.9 Å². The third-order valence-electron chi connectivity index (χ3n) is 3.58. The number of amides is 1. The molecule has 0 spiro atoms. The number of aliphatic carboxylic acids is 1. The van der Waals surface area contributed by atoms with Crippen molar-refractivity contribution in [1.29, 1.82) is 0 Å². The molecule has 1 amide bonds. The minimum Gasteiger partial charge on any atom is -0.494 e. The van der Waals surface area contributed by atoms with E-state index in [1.165, 1.54) is 5.56 Å². The van der Waals surface area contributed by atoms with E-state index in [9.17, 15) is 18.4 Å². The Hall–Kier alpha value is -2.18. The van der Waals surface area contributed by atoms with E-state index >= 15 is 0 Å². The lowest BCUT2D eigenvalue weighted by Gasteiger charge is -2.19. The summed E-state index contributed by atoms with van der Waals surface area (Å²) in [4.78, 5) is 22.4. The van der Waals surface area contributed by atoms with Gasteiger partial charge in [-0.2, -0.15) is 0 Å². The number of alkyl halides is 2. The fourth-order valence-corrected chi connectivity index (χ4v) is 2.14. The molecule has 0 bridgehead atoms. The first-order valence-electron chi connectivity index (χ1n) is 8.13. The van der Waals surface area contributed by atoms with Gasteiger partial charge in [-0.05, 0) is 29.5 Å². The molecule has 0 aliphatic heterocycles. The largest absolute Gasteiger partial charge is 0.494 e. The molecule has 1 aromatic carbocycles. The highest BCUT2D eigenvalue weighted by atomic mass is 19.3. The van der Waals surface area contributed by atoms with E-state index < -0.39 is 30.8 Å². The van der Waals surface area contributed by atoms with E-state index in [1.54, 1.807) is 0 Å². The molecule has 0 fully saturated rings. The summed E-state index contributed by atoms with van der Waals surface area (Å²) < 4.78 is 30.0. The zero-order valence-corrected chi connectivity index (χ0v) is 14.7. The number of hydrogen-bond acceptors (Lipinski definition) is 3. The highest BCUT2D eigenvalue weighted by Gasteiger charge is 2.23. The normalized spacial score (nSPS) is 12.7. The van der Waals surface area contributed by atoms with Gasteiger partial charge in [0, 0.05) is 12.8 Å². The molecule has 0 saturated carbocycles. The van der Waals surface area contributed by atoms with Crippen LogP contribution in [0.5, 0.6) is 5.75 Å². The summed E-state index contributed by atoms with van der Waals surface area (Å²) in [5, 5.41) is 10.9. The lowest BCUT2D eigenvalue weighted by molar-refractivity contribution is -0.143. The molecule has 0 saturated heterocycles. The molecule has 0 radical (unpaired) electrons. The standard InChI is InChI=1S/C18H25F2NO4/c1-18(2,3)12-6-8-13(9-7-12)25-10-4-5-16(22)21-14(17(23)24)11-15(19)20/h6-9,14-15H,4-5,10-11H2,1-3H3,(H,21,22)(H,23,24). The number of benzene rings is 1. The van der Waals surface area contributed by atoms with Gasteiger partial charge in [-0.25, -0.2) is 13.6 Å². The van der Waals surface area contributed by atoms with Crippen LogP contribution in [0.15, 0.2) is 24.3 Å². The molecule has 0 heterocycles. The van der Waals surface area contributed by atoms with Gasteiger partial charge in [-0.3, -0.25) is 4.79 Å². The van der Waals surface area contributed by atoms with Crippen LogP contribution >= 0.6 is 0 Å². The molecule has 0 aromatic heterocycles. The van der Waals surface area contributed by atoms with E-state index in [2.05, 4.69) is 26.1 Å². The summed E-state index contributed by atoms with van der Waals surface area (Å²) in [7, 11) is 0. The summed E-state index contributed by atoms with van der Waals surface area (Å²) in [5.41, 5.74) is 1.23. The Labute approximate surface area is 146 Å². The van der Waals surface area contributed by atoms with Crippen molar-refractivity contribution in [3.8, 4) is 5.75 Å². The molecule has 0 aliphatic rings. The molecule has 2 N–H and O–H groups in total. The second-order valence-electron chi connectivity index (χ2n) is 6.81. The number of hydrogen-bond donors (Lipinski definition) is 2. The number of carbonyl (C=O) groups is 2. The van der Waals surface area contributed by atoms with Gasteiger partial charge >= 0.3 is 5.97 Å². The average molecular weight is 357 g/mol. The number of nitrogens with one attached hydrogen (secondary N) is 1. The van der Waals surface area contributed by atoms with Crippen molar-refractivity contribution in [1.82, 2.24) is 5.32 Å². The lowest BCUT2D eigenvalue weighted by Crippen LogP contribution is -2.42. The van der Waals surface area contributed by atoms with E-state index in [1.807, 2.05) is 24.3 Å². The van der Waals surface area contributed by atoms with Crippen LogP contribution in [0.2, 0.25) is 0 Å². The zero-order valence-electron chi connectivity index (χ0n) is 14.7. The third-order valence-corrected chi connectivity index (χ3v) is 3.58. The van der Waals surface area contributed by atoms with E-state index in [-0.39, 0.29) is 18.4 Å². The van der Waals surface area contributed by atoms with Crippen LogP contribution in [0.25, 0.3) is 0 Å². The molecule has 1 atom stereocenters. The Kier molecular flexibility index (Phi) is 7.80. The molecular weight excluding hydrogens is 332 g/mol. The van der Waals surface area contributed by atoms with Crippen LogP contribution in [0, 0.1) is 0 Å². The summed E-state index contributed by atoms with van der Waals surface area (Å²) in [6, 6.07) is 6.08. The number of carbonyl (C=O) groups excluding carboxylic acids is 1. The molecule has 140 valence electrons. The van der Waals surface area contributed by atoms with Crippen LogP contribution in [-0.2, 0) is 15.0 Å². The Balaban J connectivity index is 2.35. The Morgan fingerprint density at radius 1 is 1.20 bits per heavy atom. The molecule has 1 rings (SSSR count). The van der Waals surface area contributed by atoms with Gasteiger partial charge in [-0.15, -0.1) is 0 Å². The summed E-state index contributed by atoms with van der Waals surface area (Å²) >= 11 is 0. The molecule has 1 aromatic rings. The quantitative estimate of drug-likeness (QED) is 0.665. The Bertz CT molecular complexity index is 567. The van der Waals surface area contributed by atoms with Gasteiger partial charge in [0.05, 0.1) is 6.61 Å². The van der Waals surface area contributed by atoms with Crippen LogP contribution in [0.4, 0.5) is 8.78 Å². The number of carboxylic acid groups (broad SMARTS) is 1. The second-order valence-corrected chi connectivity index (χ2v) is 6.81. The minimum absolute atomic E-state index is 0.00704. The van der Waals surface area contributed by atoms with Crippen LogP contribution in [0.1, 0.15) is 45.6 Å². The van der Waals surface area contributed by atoms with Gasteiger partial charge in [0.1, 0.15) is 11.8 Å². The predicted octanol–water partition coefficient (Wildman–Crippen LogP) is 3.37. The monoisotopic (exact) mass is 357 g/mol. The van der Waals surface area contributed by atoms with E-state index in [4.69, 9.17) is 9.84 Å². The number of halogens is 2. The smallest absolute Gasteiger partial charge is 0.326 e. The van der Waals surface area contributed by atoms with Crippen molar-refractivity contribution in [3.05, 3.63) is 29.8 Å².